The molecule has 0 spiro atoms. The predicted octanol–water partition coefficient (Wildman–Crippen LogP) is 3.27. The van der Waals surface area contributed by atoms with Crippen LogP contribution >= 0.6 is 0 Å². The summed E-state index contributed by atoms with van der Waals surface area (Å²) in [6.07, 6.45) is 4.90. The molecular formula is C25H35FN4O5S. The molecule has 3 heterocycles. The Morgan fingerprint density at radius 1 is 1.17 bits per heavy atom. The first-order valence-electron chi connectivity index (χ1n) is 12.5. The van der Waals surface area contributed by atoms with Crippen LogP contribution in [-0.4, -0.2) is 66.9 Å². The normalized spacial score (nSPS) is 20.2. The van der Waals surface area contributed by atoms with Gasteiger partial charge in [0, 0.05) is 25.8 Å². The van der Waals surface area contributed by atoms with Crippen molar-refractivity contribution in [3.05, 3.63) is 47.5 Å². The summed E-state index contributed by atoms with van der Waals surface area (Å²) < 4.78 is 53.4. The average molecular weight is 523 g/mol. The van der Waals surface area contributed by atoms with Crippen LogP contribution in [0.25, 0.3) is 0 Å². The second-order valence-electron chi connectivity index (χ2n) is 9.78. The summed E-state index contributed by atoms with van der Waals surface area (Å²) in [4.78, 5) is 19.0. The Morgan fingerprint density at radius 2 is 1.83 bits per heavy atom. The Morgan fingerprint density at radius 3 is 2.44 bits per heavy atom. The molecule has 0 bridgehead atoms. The number of ether oxygens (including phenoxy) is 2. The van der Waals surface area contributed by atoms with Gasteiger partial charge < -0.3 is 24.3 Å². The van der Waals surface area contributed by atoms with Crippen molar-refractivity contribution in [1.29, 1.82) is 0 Å². The second-order valence-corrected chi connectivity index (χ2v) is 11.7. The highest BCUT2D eigenvalue weighted by Gasteiger charge is 2.29. The van der Waals surface area contributed by atoms with Gasteiger partial charge in [0.25, 0.3) is 0 Å². The lowest BCUT2D eigenvalue weighted by molar-refractivity contribution is 0.0768. The van der Waals surface area contributed by atoms with Gasteiger partial charge in [-0.2, -0.15) is 0 Å². The number of rotatable bonds is 10. The maximum atomic E-state index is 13.4. The van der Waals surface area contributed by atoms with E-state index in [1.807, 2.05) is 13.8 Å². The Kier molecular flexibility index (Phi) is 8.63. The summed E-state index contributed by atoms with van der Waals surface area (Å²) >= 11 is 0. The minimum absolute atomic E-state index is 0.0482. The Bertz CT molecular complexity index is 1120. The zero-order chi connectivity index (χ0) is 25.7. The number of hydrogen-bond donors (Lipinski definition) is 1. The van der Waals surface area contributed by atoms with E-state index >= 15 is 0 Å². The van der Waals surface area contributed by atoms with Crippen molar-refractivity contribution in [1.82, 2.24) is 19.8 Å². The van der Waals surface area contributed by atoms with Crippen LogP contribution in [0.5, 0.6) is 0 Å². The lowest BCUT2D eigenvalue weighted by Gasteiger charge is -2.27. The number of carbonyl (C=O) groups is 1. The first-order chi connectivity index (χ1) is 17.2. The van der Waals surface area contributed by atoms with Gasteiger partial charge in [0.2, 0.25) is 15.0 Å². The number of halogens is 1. The molecule has 0 aliphatic carbocycles. The minimum atomic E-state index is -3.84. The van der Waals surface area contributed by atoms with E-state index in [0.717, 1.165) is 25.7 Å². The van der Waals surface area contributed by atoms with Gasteiger partial charge in [0.05, 0.1) is 42.9 Å². The highest BCUT2D eigenvalue weighted by Crippen LogP contribution is 2.23. The lowest BCUT2D eigenvalue weighted by atomic mass is 10.2. The summed E-state index contributed by atoms with van der Waals surface area (Å²) in [5.74, 6) is -0.729. The quantitative estimate of drug-likeness (QED) is 0.514. The first-order valence-corrected chi connectivity index (χ1v) is 14.2. The molecule has 11 heteroatoms. The fraction of sp³-hybridized carbons (Fsp3) is 0.600. The Balaban J connectivity index is 1.62. The van der Waals surface area contributed by atoms with Crippen LogP contribution in [0.4, 0.5) is 9.18 Å². The predicted molar refractivity (Wildman–Crippen MR) is 132 cm³/mol. The van der Waals surface area contributed by atoms with E-state index in [-0.39, 0.29) is 41.7 Å². The maximum absolute atomic E-state index is 13.4. The number of sulfone groups is 1. The monoisotopic (exact) mass is 522 g/mol. The third kappa shape index (κ3) is 6.83. The third-order valence-corrected chi connectivity index (χ3v) is 7.96. The van der Waals surface area contributed by atoms with E-state index < -0.39 is 15.7 Å². The molecule has 9 nitrogen and oxygen atoms in total. The van der Waals surface area contributed by atoms with Gasteiger partial charge in [-0.25, -0.2) is 22.6 Å². The molecule has 4 rings (SSSR count). The van der Waals surface area contributed by atoms with Crippen molar-refractivity contribution in [2.24, 2.45) is 0 Å². The average Bonchev–Trinajstić information content (AvgIpc) is 3.58. The SMILES string of the molecule is CC(C)NC(=O)N(Cc1cnc(S(=O)(=O)Cc2ccc(F)cc2)n1C[C@@H]1CCCO1)C[C@H]1CCCO1. The van der Waals surface area contributed by atoms with Crippen LogP contribution in [0.3, 0.4) is 0 Å². The lowest BCUT2D eigenvalue weighted by Crippen LogP contribution is -2.46. The number of aromatic nitrogens is 2. The zero-order valence-corrected chi connectivity index (χ0v) is 21.7. The van der Waals surface area contributed by atoms with Crippen LogP contribution in [0.1, 0.15) is 50.8 Å². The summed E-state index contributed by atoms with van der Waals surface area (Å²) in [5.41, 5.74) is 1.08. The third-order valence-electron chi connectivity index (χ3n) is 6.36. The molecule has 2 atom stereocenters. The molecular weight excluding hydrogens is 487 g/mol. The van der Waals surface area contributed by atoms with Gasteiger partial charge >= 0.3 is 6.03 Å². The number of nitrogens with one attached hydrogen (secondary N) is 1. The molecule has 2 aliphatic heterocycles. The first kappa shape index (κ1) is 26.6. The largest absolute Gasteiger partial charge is 0.376 e. The summed E-state index contributed by atoms with van der Waals surface area (Å²) in [7, 11) is -3.84. The van der Waals surface area contributed by atoms with Crippen LogP contribution in [-0.2, 0) is 38.2 Å². The number of imidazole rings is 1. The van der Waals surface area contributed by atoms with Gasteiger partial charge in [0.15, 0.2) is 0 Å². The zero-order valence-electron chi connectivity index (χ0n) is 20.9. The molecule has 1 N–H and O–H groups in total. The Labute approximate surface area is 211 Å². The molecule has 1 aromatic heterocycles. The van der Waals surface area contributed by atoms with E-state index in [2.05, 4.69) is 10.3 Å². The van der Waals surface area contributed by atoms with E-state index in [0.29, 0.717) is 37.6 Å². The van der Waals surface area contributed by atoms with Crippen molar-refractivity contribution in [2.75, 3.05) is 19.8 Å². The van der Waals surface area contributed by atoms with E-state index in [4.69, 9.17) is 9.47 Å². The maximum Gasteiger partial charge on any atom is 0.318 e. The molecule has 36 heavy (non-hydrogen) atoms. The number of carbonyl (C=O) groups excluding carboxylic acids is 1. The fourth-order valence-corrected chi connectivity index (χ4v) is 6.11. The molecule has 2 saturated heterocycles. The van der Waals surface area contributed by atoms with E-state index in [1.54, 1.807) is 9.47 Å². The molecule has 0 radical (unpaired) electrons. The minimum Gasteiger partial charge on any atom is -0.376 e. The molecule has 2 amide bonds. The fourth-order valence-electron chi connectivity index (χ4n) is 4.61. The molecule has 0 saturated carbocycles. The Hall–Kier alpha value is -2.50. The number of urea groups is 1. The van der Waals surface area contributed by atoms with Crippen molar-refractivity contribution >= 4 is 15.9 Å². The number of hydrogen-bond acceptors (Lipinski definition) is 6. The summed E-state index contributed by atoms with van der Waals surface area (Å²) in [6, 6.07) is 5.12. The number of amides is 2. The molecule has 2 fully saturated rings. The molecule has 198 valence electrons. The van der Waals surface area contributed by atoms with Crippen LogP contribution in [0.15, 0.2) is 35.6 Å². The van der Waals surface area contributed by atoms with E-state index in [1.165, 1.54) is 30.5 Å². The van der Waals surface area contributed by atoms with Crippen molar-refractivity contribution in [3.8, 4) is 0 Å². The molecule has 0 unspecified atom stereocenters. The highest BCUT2D eigenvalue weighted by atomic mass is 32.2. The van der Waals surface area contributed by atoms with Gasteiger partial charge in [-0.3, -0.25) is 0 Å². The smallest absolute Gasteiger partial charge is 0.318 e. The van der Waals surface area contributed by atoms with Crippen LogP contribution in [0, 0.1) is 5.82 Å². The molecule has 2 aliphatic rings. The topological polar surface area (TPSA) is 103 Å². The highest BCUT2D eigenvalue weighted by molar-refractivity contribution is 7.90. The van der Waals surface area contributed by atoms with Crippen LogP contribution in [0.2, 0.25) is 0 Å². The number of benzene rings is 1. The molecule has 1 aromatic carbocycles. The van der Waals surface area contributed by atoms with Crippen molar-refractivity contribution in [3.63, 3.8) is 0 Å². The summed E-state index contributed by atoms with van der Waals surface area (Å²) in [5, 5.41) is 2.86. The van der Waals surface area contributed by atoms with Gasteiger partial charge in [-0.1, -0.05) is 12.1 Å². The number of nitrogens with zero attached hydrogens (tertiary/aromatic N) is 3. The van der Waals surface area contributed by atoms with E-state index in [9.17, 15) is 17.6 Å². The van der Waals surface area contributed by atoms with Gasteiger partial charge in [-0.15, -0.1) is 0 Å². The van der Waals surface area contributed by atoms with Crippen molar-refractivity contribution < 1.29 is 27.1 Å². The standard InChI is InChI=1S/C25H35FN4O5S/c1-18(2)28-24(31)29(15-22-5-3-11-34-22)14-21-13-27-25(30(21)16-23-6-4-12-35-23)36(32,33)17-19-7-9-20(26)10-8-19/h7-10,13,18,22-23H,3-6,11-12,14-17H2,1-2H3,(H,28,31)/t22-,23+/m1/s1. The van der Waals surface area contributed by atoms with Gasteiger partial charge in [0.1, 0.15) is 5.82 Å². The van der Waals surface area contributed by atoms with Crippen molar-refractivity contribution in [2.45, 2.75) is 81.8 Å². The summed E-state index contributed by atoms with van der Waals surface area (Å²) in [6.45, 7) is 6.01. The van der Waals surface area contributed by atoms with Gasteiger partial charge in [-0.05, 0) is 57.2 Å². The van der Waals surface area contributed by atoms with Crippen LogP contribution < -0.4 is 5.32 Å². The molecule has 2 aromatic rings. The second kappa shape index (κ2) is 11.7.